The maximum Gasteiger partial charge on any atom is 0.354 e. The first-order valence-electron chi connectivity index (χ1n) is 5.48. The van der Waals surface area contributed by atoms with Gasteiger partial charge < -0.3 is 10.4 Å². The highest BCUT2D eigenvalue weighted by Crippen LogP contribution is 2.19. The zero-order valence-electron chi connectivity index (χ0n) is 9.83. The summed E-state index contributed by atoms with van der Waals surface area (Å²) in [5, 5.41) is 11.3. The van der Waals surface area contributed by atoms with Gasteiger partial charge in [0.1, 0.15) is 5.69 Å². The number of pyridine rings is 1. The first kappa shape index (κ1) is 13.3. The van der Waals surface area contributed by atoms with Crippen LogP contribution < -0.4 is 5.32 Å². The van der Waals surface area contributed by atoms with Gasteiger partial charge in [-0.1, -0.05) is 0 Å². The van der Waals surface area contributed by atoms with Crippen LogP contribution in [0.2, 0.25) is 0 Å². The molecule has 100 valence electrons. The zero-order chi connectivity index (χ0) is 13.8. The van der Waals surface area contributed by atoms with Crippen LogP contribution in [-0.4, -0.2) is 51.7 Å². The summed E-state index contributed by atoms with van der Waals surface area (Å²) in [4.78, 5) is 39.2. The molecule has 1 aliphatic heterocycles. The fourth-order valence-corrected chi connectivity index (χ4v) is 2.35. The molecule has 0 saturated carbocycles. The van der Waals surface area contributed by atoms with Gasteiger partial charge in [0.25, 0.3) is 0 Å². The third-order valence-corrected chi connectivity index (χ3v) is 3.45. The number of aromatic carboxylic acids is 1. The molecule has 1 aromatic heterocycles. The summed E-state index contributed by atoms with van der Waals surface area (Å²) in [5.74, 6) is -1.34. The summed E-state index contributed by atoms with van der Waals surface area (Å²) in [5.41, 5.74) is -0.0728. The molecule has 1 saturated heterocycles. The molecule has 0 atom stereocenters. The second-order valence-corrected chi connectivity index (χ2v) is 4.80. The summed E-state index contributed by atoms with van der Waals surface area (Å²) in [6.45, 7) is 0.836. The van der Waals surface area contributed by atoms with Gasteiger partial charge >= 0.3 is 12.0 Å². The molecule has 0 bridgehead atoms. The maximum absolute atomic E-state index is 11.8. The zero-order valence-corrected chi connectivity index (χ0v) is 10.6. The Morgan fingerprint density at radius 3 is 2.95 bits per heavy atom. The lowest BCUT2D eigenvalue weighted by Gasteiger charge is -2.11. The van der Waals surface area contributed by atoms with Crippen LogP contribution in [0.25, 0.3) is 0 Å². The minimum atomic E-state index is -1.12. The first-order chi connectivity index (χ1) is 9.08. The molecule has 0 aliphatic carbocycles. The summed E-state index contributed by atoms with van der Waals surface area (Å²) in [6, 6.07) is 2.63. The molecule has 0 unspecified atom stereocenters. The molecule has 2 N–H and O–H groups in total. The third kappa shape index (κ3) is 3.22. The third-order valence-electron chi connectivity index (χ3n) is 2.47. The molecule has 0 spiro atoms. The molecular weight excluding hydrogens is 270 g/mol. The van der Waals surface area contributed by atoms with Crippen LogP contribution in [0, 0.1) is 0 Å². The minimum Gasteiger partial charge on any atom is -0.477 e. The van der Waals surface area contributed by atoms with Gasteiger partial charge in [-0.15, -0.1) is 11.8 Å². The summed E-state index contributed by atoms with van der Waals surface area (Å²) in [6.07, 6.45) is 1.37. The van der Waals surface area contributed by atoms with Crippen molar-refractivity contribution in [1.82, 2.24) is 15.2 Å². The van der Waals surface area contributed by atoms with Crippen LogP contribution in [-0.2, 0) is 4.79 Å². The maximum atomic E-state index is 11.8. The van der Waals surface area contributed by atoms with Crippen molar-refractivity contribution < 1.29 is 19.5 Å². The summed E-state index contributed by atoms with van der Waals surface area (Å²) >= 11 is 1.17. The van der Waals surface area contributed by atoms with Crippen molar-refractivity contribution in [2.75, 3.05) is 18.8 Å². The van der Waals surface area contributed by atoms with Crippen molar-refractivity contribution in [3.8, 4) is 0 Å². The largest absolute Gasteiger partial charge is 0.477 e. The minimum absolute atomic E-state index is 0.0728. The van der Waals surface area contributed by atoms with E-state index in [9.17, 15) is 14.4 Å². The van der Waals surface area contributed by atoms with Gasteiger partial charge in [0.15, 0.2) is 0 Å². The number of thioether (sulfide) groups is 1. The van der Waals surface area contributed by atoms with Crippen molar-refractivity contribution in [2.45, 2.75) is 4.90 Å². The van der Waals surface area contributed by atoms with E-state index in [1.807, 2.05) is 0 Å². The lowest BCUT2D eigenvalue weighted by Crippen LogP contribution is -2.35. The molecule has 1 fully saturated rings. The lowest BCUT2D eigenvalue weighted by molar-refractivity contribution is -0.124. The van der Waals surface area contributed by atoms with Gasteiger partial charge in [-0.25, -0.2) is 14.6 Å². The number of carboxylic acids is 1. The molecule has 19 heavy (non-hydrogen) atoms. The Hall–Kier alpha value is -2.09. The van der Waals surface area contributed by atoms with Crippen LogP contribution in [0.1, 0.15) is 10.5 Å². The summed E-state index contributed by atoms with van der Waals surface area (Å²) < 4.78 is 0. The number of carbonyl (C=O) groups is 3. The molecule has 8 heteroatoms. The number of carbonyl (C=O) groups excluding carboxylic acids is 2. The average molecular weight is 281 g/mol. The van der Waals surface area contributed by atoms with Crippen LogP contribution in [0.3, 0.4) is 0 Å². The Bertz CT molecular complexity index is 534. The molecular formula is C11H11N3O4S. The predicted molar refractivity (Wildman–Crippen MR) is 67.0 cm³/mol. The molecule has 0 aromatic carbocycles. The monoisotopic (exact) mass is 281 g/mol. The number of nitrogens with zero attached hydrogens (tertiary/aromatic N) is 2. The van der Waals surface area contributed by atoms with E-state index in [2.05, 4.69) is 10.3 Å². The van der Waals surface area contributed by atoms with Crippen molar-refractivity contribution in [2.24, 2.45) is 0 Å². The highest BCUT2D eigenvalue weighted by Gasteiger charge is 2.25. The van der Waals surface area contributed by atoms with Crippen LogP contribution in [0.5, 0.6) is 0 Å². The number of amides is 3. The smallest absolute Gasteiger partial charge is 0.354 e. The lowest BCUT2D eigenvalue weighted by atomic mass is 10.3. The quantitative estimate of drug-likeness (QED) is 0.776. The van der Waals surface area contributed by atoms with E-state index < -0.39 is 5.97 Å². The molecule has 1 aromatic rings. The van der Waals surface area contributed by atoms with E-state index in [1.54, 1.807) is 6.07 Å². The topological polar surface area (TPSA) is 99.6 Å². The predicted octanol–water partition coefficient (Wildman–Crippen LogP) is 0.424. The number of hydrogen-bond acceptors (Lipinski definition) is 5. The van der Waals surface area contributed by atoms with Gasteiger partial charge in [0.2, 0.25) is 5.91 Å². The van der Waals surface area contributed by atoms with Crippen molar-refractivity contribution in [3.63, 3.8) is 0 Å². The van der Waals surface area contributed by atoms with Crippen LogP contribution in [0.15, 0.2) is 23.2 Å². The fourth-order valence-electron chi connectivity index (χ4n) is 1.55. The fraction of sp³-hybridized carbons (Fsp3) is 0.273. The Kier molecular flexibility index (Phi) is 4.00. The second-order valence-electron chi connectivity index (χ2n) is 3.75. The SMILES string of the molecule is O=C(O)c1cc(SCC(=O)N2CCNC2=O)ccn1. The van der Waals surface area contributed by atoms with Crippen molar-refractivity contribution >= 4 is 29.7 Å². The van der Waals surface area contributed by atoms with E-state index in [0.717, 1.165) is 4.90 Å². The molecule has 1 aliphatic rings. The van der Waals surface area contributed by atoms with Crippen molar-refractivity contribution in [1.29, 1.82) is 0 Å². The van der Waals surface area contributed by atoms with Crippen LogP contribution in [0.4, 0.5) is 4.79 Å². The van der Waals surface area contributed by atoms with Gasteiger partial charge in [-0.2, -0.15) is 0 Å². The normalized spacial score (nSPS) is 14.3. The van der Waals surface area contributed by atoms with E-state index in [-0.39, 0.29) is 23.4 Å². The van der Waals surface area contributed by atoms with E-state index in [4.69, 9.17) is 5.11 Å². The average Bonchev–Trinajstić information content (AvgIpc) is 2.82. The number of carboxylic acid groups (broad SMARTS) is 1. The number of aromatic nitrogens is 1. The van der Waals surface area contributed by atoms with Gasteiger partial charge in [-0.3, -0.25) is 9.69 Å². The van der Waals surface area contributed by atoms with Gasteiger partial charge in [-0.05, 0) is 12.1 Å². The number of urea groups is 1. The van der Waals surface area contributed by atoms with E-state index in [0.29, 0.717) is 18.0 Å². The Labute approximate surface area is 113 Å². The summed E-state index contributed by atoms with van der Waals surface area (Å²) in [7, 11) is 0. The molecule has 0 radical (unpaired) electrons. The van der Waals surface area contributed by atoms with E-state index in [1.165, 1.54) is 24.0 Å². The van der Waals surface area contributed by atoms with Crippen molar-refractivity contribution in [3.05, 3.63) is 24.0 Å². The number of rotatable bonds is 4. The number of imide groups is 1. The number of nitrogens with one attached hydrogen (secondary N) is 1. The molecule has 2 rings (SSSR count). The Morgan fingerprint density at radius 1 is 1.53 bits per heavy atom. The Morgan fingerprint density at radius 2 is 2.32 bits per heavy atom. The van der Waals surface area contributed by atoms with Gasteiger partial charge in [0.05, 0.1) is 5.75 Å². The van der Waals surface area contributed by atoms with Crippen LogP contribution >= 0.6 is 11.8 Å². The van der Waals surface area contributed by atoms with E-state index >= 15 is 0 Å². The highest BCUT2D eigenvalue weighted by molar-refractivity contribution is 8.00. The Balaban J connectivity index is 1.95. The first-order valence-corrected chi connectivity index (χ1v) is 6.47. The number of hydrogen-bond donors (Lipinski definition) is 2. The molecule has 2 heterocycles. The molecule has 3 amide bonds. The second kappa shape index (κ2) is 5.70. The van der Waals surface area contributed by atoms with Gasteiger partial charge in [0, 0.05) is 24.2 Å². The highest BCUT2D eigenvalue weighted by atomic mass is 32.2. The molecule has 7 nitrogen and oxygen atoms in total. The standard InChI is InChI=1S/C11H11N3O4S/c15-9(14-4-3-13-11(14)18)6-19-7-1-2-12-8(5-7)10(16)17/h1-2,5H,3-4,6H2,(H,13,18)(H,16,17).